The van der Waals surface area contributed by atoms with Gasteiger partial charge in [0.15, 0.2) is 5.82 Å². The Kier molecular flexibility index (Phi) is 4.52. The van der Waals surface area contributed by atoms with Crippen LogP contribution in [-0.4, -0.2) is 21.7 Å². The zero-order valence-electron chi connectivity index (χ0n) is 15.2. The van der Waals surface area contributed by atoms with E-state index in [2.05, 4.69) is 87.8 Å². The van der Waals surface area contributed by atoms with Crippen molar-refractivity contribution in [3.8, 4) is 0 Å². The normalized spacial score (nSPS) is 13.6. The summed E-state index contributed by atoms with van der Waals surface area (Å²) in [5, 5.41) is 11.6. The lowest BCUT2D eigenvalue weighted by atomic mass is 10.0. The monoisotopic (exact) mass is 345 g/mol. The Morgan fingerprint density at radius 1 is 1.04 bits per heavy atom. The molecule has 0 unspecified atom stereocenters. The molecular weight excluding hydrogens is 322 g/mol. The molecule has 0 radical (unpaired) electrons. The minimum Gasteiger partial charge on any atom is -0.325 e. The van der Waals surface area contributed by atoms with Gasteiger partial charge in [-0.1, -0.05) is 44.2 Å². The number of nitrogens with one attached hydrogen (secondary N) is 1. The predicted molar refractivity (Wildman–Crippen MR) is 105 cm³/mol. The molecule has 1 aromatic heterocycles. The van der Waals surface area contributed by atoms with Crippen LogP contribution in [0.3, 0.4) is 0 Å². The molecule has 0 atom stereocenters. The Hall–Kier alpha value is -2.95. The molecule has 0 spiro atoms. The largest absolute Gasteiger partial charge is 0.325 e. The quantitative estimate of drug-likeness (QED) is 0.734. The van der Waals surface area contributed by atoms with Gasteiger partial charge in [0.1, 0.15) is 0 Å². The number of anilines is 4. The van der Waals surface area contributed by atoms with Crippen molar-refractivity contribution < 1.29 is 0 Å². The van der Waals surface area contributed by atoms with Crippen LogP contribution in [0.5, 0.6) is 0 Å². The zero-order valence-corrected chi connectivity index (χ0v) is 15.2. The first kappa shape index (κ1) is 16.5. The van der Waals surface area contributed by atoms with E-state index >= 15 is 0 Å². The molecule has 0 saturated heterocycles. The molecule has 1 aliphatic heterocycles. The number of nitrogens with zero attached hydrogens (tertiary/aromatic N) is 4. The fraction of sp³-hybridized carbons (Fsp3) is 0.286. The molecular formula is C21H23N5. The Bertz CT molecular complexity index is 889. The first-order valence-corrected chi connectivity index (χ1v) is 9.13. The Morgan fingerprint density at radius 3 is 2.65 bits per heavy atom. The van der Waals surface area contributed by atoms with Gasteiger partial charge < -0.3 is 10.2 Å². The van der Waals surface area contributed by atoms with Crippen LogP contribution in [0.1, 0.15) is 37.3 Å². The van der Waals surface area contributed by atoms with Crippen molar-refractivity contribution in [1.82, 2.24) is 15.2 Å². The fourth-order valence-corrected chi connectivity index (χ4v) is 3.33. The third-order valence-electron chi connectivity index (χ3n) is 4.77. The summed E-state index contributed by atoms with van der Waals surface area (Å²) in [6.07, 6.45) is 3.95. The Labute approximate surface area is 154 Å². The number of rotatable bonds is 4. The van der Waals surface area contributed by atoms with Gasteiger partial charge in [0.05, 0.1) is 6.20 Å². The van der Waals surface area contributed by atoms with Gasteiger partial charge in [0.25, 0.3) is 0 Å². The van der Waals surface area contributed by atoms with Gasteiger partial charge in [0.2, 0.25) is 5.95 Å². The highest BCUT2D eigenvalue weighted by atomic mass is 15.3. The molecule has 0 aliphatic carbocycles. The number of hydrogen-bond donors (Lipinski definition) is 1. The standard InChI is InChI=1S/C21H23N5/c1-15(2)16-9-11-18(12-10-16)23-21-24-20(14-22-25-21)26-13-5-7-17-6-3-4-8-19(17)26/h3-4,6,8-12,14-15H,5,7,13H2,1-2H3,(H,23,24,25). The molecule has 0 amide bonds. The third-order valence-corrected chi connectivity index (χ3v) is 4.77. The molecule has 0 bridgehead atoms. The first-order chi connectivity index (χ1) is 12.7. The summed E-state index contributed by atoms with van der Waals surface area (Å²) in [6.45, 7) is 5.32. The molecule has 1 N–H and O–H groups in total. The number of benzene rings is 2. The molecule has 132 valence electrons. The number of aryl methyl sites for hydroxylation is 1. The molecule has 2 aromatic carbocycles. The number of aromatic nitrogens is 3. The highest BCUT2D eigenvalue weighted by molar-refractivity contribution is 5.66. The van der Waals surface area contributed by atoms with Crippen molar-refractivity contribution in [3.05, 3.63) is 65.9 Å². The minimum absolute atomic E-state index is 0.517. The van der Waals surface area contributed by atoms with Crippen LogP contribution in [0, 0.1) is 0 Å². The Balaban J connectivity index is 1.58. The second-order valence-electron chi connectivity index (χ2n) is 6.92. The SMILES string of the molecule is CC(C)c1ccc(Nc2nncc(N3CCCc4ccccc43)n2)cc1. The van der Waals surface area contributed by atoms with E-state index in [0.29, 0.717) is 11.9 Å². The fourth-order valence-electron chi connectivity index (χ4n) is 3.33. The van der Waals surface area contributed by atoms with Crippen LogP contribution in [0.25, 0.3) is 0 Å². The van der Waals surface area contributed by atoms with Crippen LogP contribution in [-0.2, 0) is 6.42 Å². The average Bonchev–Trinajstić information content (AvgIpc) is 2.68. The van der Waals surface area contributed by atoms with Crippen molar-refractivity contribution in [2.75, 3.05) is 16.8 Å². The zero-order chi connectivity index (χ0) is 17.9. The molecule has 3 aromatic rings. The summed E-state index contributed by atoms with van der Waals surface area (Å²) >= 11 is 0. The van der Waals surface area contributed by atoms with Crippen molar-refractivity contribution in [1.29, 1.82) is 0 Å². The highest BCUT2D eigenvalue weighted by Crippen LogP contribution is 2.32. The van der Waals surface area contributed by atoms with Crippen LogP contribution in [0.15, 0.2) is 54.7 Å². The molecule has 0 fully saturated rings. The maximum atomic E-state index is 4.69. The van der Waals surface area contributed by atoms with Gasteiger partial charge in [-0.15, -0.1) is 5.10 Å². The van der Waals surface area contributed by atoms with Gasteiger partial charge in [0, 0.05) is 17.9 Å². The summed E-state index contributed by atoms with van der Waals surface area (Å²) in [5.41, 5.74) is 4.85. The molecule has 2 heterocycles. The summed E-state index contributed by atoms with van der Waals surface area (Å²) in [6, 6.07) is 16.9. The lowest BCUT2D eigenvalue weighted by molar-refractivity contribution is 0.754. The number of hydrogen-bond acceptors (Lipinski definition) is 5. The molecule has 5 nitrogen and oxygen atoms in total. The number of fused-ring (bicyclic) bond motifs is 1. The minimum atomic E-state index is 0.517. The van der Waals surface area contributed by atoms with Gasteiger partial charge in [-0.25, -0.2) is 0 Å². The molecule has 5 heteroatoms. The lowest BCUT2D eigenvalue weighted by Crippen LogP contribution is -2.25. The van der Waals surface area contributed by atoms with Gasteiger partial charge >= 0.3 is 0 Å². The lowest BCUT2D eigenvalue weighted by Gasteiger charge is -2.30. The van der Waals surface area contributed by atoms with E-state index in [1.54, 1.807) is 6.20 Å². The van der Waals surface area contributed by atoms with Gasteiger partial charge in [-0.2, -0.15) is 10.1 Å². The summed E-state index contributed by atoms with van der Waals surface area (Å²) in [7, 11) is 0. The van der Waals surface area contributed by atoms with E-state index in [0.717, 1.165) is 30.9 Å². The van der Waals surface area contributed by atoms with E-state index in [4.69, 9.17) is 0 Å². The smallest absolute Gasteiger partial charge is 0.249 e. The van der Waals surface area contributed by atoms with E-state index < -0.39 is 0 Å². The summed E-state index contributed by atoms with van der Waals surface area (Å²) in [5.74, 6) is 1.86. The predicted octanol–water partition coefficient (Wildman–Crippen LogP) is 4.82. The van der Waals surface area contributed by atoms with Crippen molar-refractivity contribution in [2.24, 2.45) is 0 Å². The van der Waals surface area contributed by atoms with E-state index in [9.17, 15) is 0 Å². The van der Waals surface area contributed by atoms with Crippen molar-refractivity contribution in [2.45, 2.75) is 32.6 Å². The molecule has 26 heavy (non-hydrogen) atoms. The average molecular weight is 345 g/mol. The van der Waals surface area contributed by atoms with Crippen molar-refractivity contribution >= 4 is 23.1 Å². The van der Waals surface area contributed by atoms with Crippen LogP contribution in [0.2, 0.25) is 0 Å². The van der Waals surface area contributed by atoms with E-state index in [-0.39, 0.29) is 0 Å². The van der Waals surface area contributed by atoms with E-state index in [1.165, 1.54) is 16.8 Å². The number of para-hydroxylation sites is 1. The van der Waals surface area contributed by atoms with Gasteiger partial charge in [-0.05, 0) is 48.1 Å². The summed E-state index contributed by atoms with van der Waals surface area (Å²) < 4.78 is 0. The first-order valence-electron chi connectivity index (χ1n) is 9.13. The second kappa shape index (κ2) is 7.12. The highest BCUT2D eigenvalue weighted by Gasteiger charge is 2.19. The molecule has 1 aliphatic rings. The second-order valence-corrected chi connectivity index (χ2v) is 6.92. The van der Waals surface area contributed by atoms with E-state index in [1.807, 2.05) is 0 Å². The van der Waals surface area contributed by atoms with Gasteiger partial charge in [-0.3, -0.25) is 0 Å². The molecule has 0 saturated carbocycles. The maximum absolute atomic E-state index is 4.69. The third kappa shape index (κ3) is 3.38. The van der Waals surface area contributed by atoms with Crippen molar-refractivity contribution in [3.63, 3.8) is 0 Å². The topological polar surface area (TPSA) is 53.9 Å². The van der Waals surface area contributed by atoms with Crippen LogP contribution < -0.4 is 10.2 Å². The van der Waals surface area contributed by atoms with Crippen LogP contribution in [0.4, 0.5) is 23.1 Å². The maximum Gasteiger partial charge on any atom is 0.249 e. The summed E-state index contributed by atoms with van der Waals surface area (Å²) in [4.78, 5) is 6.91. The Morgan fingerprint density at radius 2 is 1.85 bits per heavy atom. The molecule has 4 rings (SSSR count). The van der Waals surface area contributed by atoms with Crippen LogP contribution >= 0.6 is 0 Å².